The normalized spacial score (nSPS) is 11.3. The van der Waals surface area contributed by atoms with Crippen molar-refractivity contribution in [3.05, 3.63) is 46.1 Å². The topological polar surface area (TPSA) is 85.1 Å². The fourth-order valence-electron chi connectivity index (χ4n) is 1.60. The van der Waals surface area contributed by atoms with Gasteiger partial charge in [-0.3, -0.25) is 4.72 Å². The van der Waals surface area contributed by atoms with Crippen LogP contribution in [0.25, 0.3) is 0 Å². The Kier molecular flexibility index (Phi) is 4.01. The summed E-state index contributed by atoms with van der Waals surface area (Å²) in [5.74, 6) is 0.206. The van der Waals surface area contributed by atoms with Crippen LogP contribution in [0.15, 0.2) is 39.8 Å². The molecule has 5 nitrogen and oxygen atoms in total. The van der Waals surface area contributed by atoms with Crippen LogP contribution in [0.2, 0.25) is 0 Å². The Hall–Kier alpha value is -1.60. The van der Waals surface area contributed by atoms with E-state index in [4.69, 9.17) is 5.73 Å². The zero-order valence-corrected chi connectivity index (χ0v) is 13.4. The van der Waals surface area contributed by atoms with Crippen molar-refractivity contribution in [3.63, 3.8) is 0 Å². The summed E-state index contributed by atoms with van der Waals surface area (Å²) in [6.45, 7) is 3.79. The third-order valence-electron chi connectivity index (χ3n) is 2.88. The summed E-state index contributed by atoms with van der Waals surface area (Å²) in [7, 11) is -3.67. The van der Waals surface area contributed by atoms with E-state index in [9.17, 15) is 8.42 Å². The molecule has 0 radical (unpaired) electrons. The number of nitrogens with one attached hydrogen (secondary N) is 1. The van der Waals surface area contributed by atoms with Crippen LogP contribution < -0.4 is 10.5 Å². The first kappa shape index (κ1) is 14.8. The second-order valence-corrected chi connectivity index (χ2v) is 6.99. The molecule has 106 valence electrons. The predicted molar refractivity (Wildman–Crippen MR) is 83.1 cm³/mol. The number of aromatic nitrogens is 1. The van der Waals surface area contributed by atoms with E-state index in [2.05, 4.69) is 25.6 Å². The fourth-order valence-corrected chi connectivity index (χ4v) is 3.31. The van der Waals surface area contributed by atoms with Gasteiger partial charge in [0.2, 0.25) is 0 Å². The third-order valence-corrected chi connectivity index (χ3v) is 4.82. The lowest BCUT2D eigenvalue weighted by Crippen LogP contribution is -2.14. The van der Waals surface area contributed by atoms with Gasteiger partial charge in [0, 0.05) is 0 Å². The van der Waals surface area contributed by atoms with Crippen molar-refractivity contribution < 1.29 is 8.42 Å². The zero-order valence-electron chi connectivity index (χ0n) is 11.0. The summed E-state index contributed by atoms with van der Waals surface area (Å²) in [6, 6.07) is 6.55. The van der Waals surface area contributed by atoms with Crippen molar-refractivity contribution in [3.8, 4) is 0 Å². The molecule has 1 heterocycles. The van der Waals surface area contributed by atoms with E-state index in [1.165, 1.54) is 6.20 Å². The molecule has 0 aliphatic heterocycles. The lowest BCUT2D eigenvalue weighted by atomic mass is 10.1. The van der Waals surface area contributed by atoms with Gasteiger partial charge in [-0.1, -0.05) is 6.07 Å². The molecule has 0 atom stereocenters. The van der Waals surface area contributed by atoms with Crippen LogP contribution in [-0.2, 0) is 10.0 Å². The number of halogens is 1. The number of pyridine rings is 1. The summed E-state index contributed by atoms with van der Waals surface area (Å²) in [5.41, 5.74) is 7.97. The quantitative estimate of drug-likeness (QED) is 0.886. The monoisotopic (exact) mass is 355 g/mol. The van der Waals surface area contributed by atoms with Crippen molar-refractivity contribution in [2.75, 3.05) is 10.5 Å². The maximum atomic E-state index is 12.3. The van der Waals surface area contributed by atoms with E-state index in [1.54, 1.807) is 24.3 Å². The SMILES string of the molecule is Cc1ccc(S(=O)(=O)Nc2ncc(N)cc2Br)cc1C. The maximum absolute atomic E-state index is 12.3. The molecule has 0 fully saturated rings. The van der Waals surface area contributed by atoms with Gasteiger partial charge in [0.15, 0.2) is 5.82 Å². The van der Waals surface area contributed by atoms with E-state index in [-0.39, 0.29) is 10.7 Å². The molecule has 1 aromatic carbocycles. The number of rotatable bonds is 3. The van der Waals surface area contributed by atoms with Gasteiger partial charge in [0.1, 0.15) is 0 Å². The summed E-state index contributed by atoms with van der Waals surface area (Å²) >= 11 is 3.23. The molecule has 0 amide bonds. The van der Waals surface area contributed by atoms with Crippen LogP contribution >= 0.6 is 15.9 Å². The number of nitrogen functional groups attached to an aromatic ring is 1. The molecule has 1 aromatic heterocycles. The molecule has 2 aromatic rings. The first-order chi connectivity index (χ1) is 9.29. The standard InChI is InChI=1S/C13H14BrN3O2S/c1-8-3-4-11(5-9(8)2)20(18,19)17-13-12(14)6-10(15)7-16-13/h3-7H,15H2,1-2H3,(H,16,17). The number of hydrogen-bond acceptors (Lipinski definition) is 4. The average Bonchev–Trinajstić information content (AvgIpc) is 2.36. The predicted octanol–water partition coefficient (Wildman–Crippen LogP) is 2.84. The molecule has 2 rings (SSSR count). The number of nitrogens with two attached hydrogens (primary N) is 1. The van der Waals surface area contributed by atoms with Crippen LogP contribution in [0.5, 0.6) is 0 Å². The molecule has 20 heavy (non-hydrogen) atoms. The lowest BCUT2D eigenvalue weighted by Gasteiger charge is -2.10. The molecular formula is C13H14BrN3O2S. The summed E-state index contributed by atoms with van der Waals surface area (Å²) in [4.78, 5) is 4.17. The van der Waals surface area contributed by atoms with Crippen molar-refractivity contribution >= 4 is 37.5 Å². The molecule has 7 heteroatoms. The molecule has 3 N–H and O–H groups in total. The Morgan fingerprint density at radius 2 is 1.90 bits per heavy atom. The van der Waals surface area contributed by atoms with Crippen molar-refractivity contribution in [2.24, 2.45) is 0 Å². The van der Waals surface area contributed by atoms with E-state index >= 15 is 0 Å². The van der Waals surface area contributed by atoms with E-state index < -0.39 is 10.0 Å². The highest BCUT2D eigenvalue weighted by molar-refractivity contribution is 9.10. The maximum Gasteiger partial charge on any atom is 0.263 e. The van der Waals surface area contributed by atoms with E-state index in [0.717, 1.165) is 11.1 Å². The highest BCUT2D eigenvalue weighted by Crippen LogP contribution is 2.25. The van der Waals surface area contributed by atoms with E-state index in [1.807, 2.05) is 13.8 Å². The number of aryl methyl sites for hydroxylation is 2. The minimum Gasteiger partial charge on any atom is -0.397 e. The van der Waals surface area contributed by atoms with Crippen LogP contribution in [0.3, 0.4) is 0 Å². The number of sulfonamides is 1. The minimum atomic E-state index is -3.67. The van der Waals surface area contributed by atoms with Gasteiger partial charge in [-0.15, -0.1) is 0 Å². The second kappa shape index (κ2) is 5.41. The summed E-state index contributed by atoms with van der Waals surface area (Å²) in [5, 5.41) is 0. The first-order valence-corrected chi connectivity index (χ1v) is 8.08. The number of benzene rings is 1. The Labute approximate surface area is 126 Å². The number of nitrogens with zero attached hydrogens (tertiary/aromatic N) is 1. The van der Waals surface area contributed by atoms with Crippen LogP contribution in [0.4, 0.5) is 11.5 Å². The fraction of sp³-hybridized carbons (Fsp3) is 0.154. The van der Waals surface area contributed by atoms with Crippen LogP contribution in [0, 0.1) is 13.8 Å². The molecule has 0 unspecified atom stereocenters. The summed E-state index contributed by atoms with van der Waals surface area (Å²) < 4.78 is 27.5. The Morgan fingerprint density at radius 3 is 2.50 bits per heavy atom. The average molecular weight is 356 g/mol. The third kappa shape index (κ3) is 3.10. The van der Waals surface area contributed by atoms with Gasteiger partial charge < -0.3 is 5.73 Å². The largest absolute Gasteiger partial charge is 0.397 e. The number of anilines is 2. The zero-order chi connectivity index (χ0) is 14.9. The van der Waals surface area contributed by atoms with Crippen molar-refractivity contribution in [1.82, 2.24) is 4.98 Å². The van der Waals surface area contributed by atoms with Gasteiger partial charge in [-0.25, -0.2) is 13.4 Å². The molecule has 0 aliphatic rings. The summed E-state index contributed by atoms with van der Waals surface area (Å²) in [6.07, 6.45) is 1.39. The Morgan fingerprint density at radius 1 is 1.20 bits per heavy atom. The second-order valence-electron chi connectivity index (χ2n) is 4.45. The van der Waals surface area contributed by atoms with Gasteiger partial charge in [-0.2, -0.15) is 0 Å². The van der Waals surface area contributed by atoms with Crippen molar-refractivity contribution in [2.45, 2.75) is 18.7 Å². The Balaban J connectivity index is 2.38. The minimum absolute atomic E-state index is 0.200. The first-order valence-electron chi connectivity index (χ1n) is 5.81. The molecule has 0 saturated carbocycles. The smallest absolute Gasteiger partial charge is 0.263 e. The Bertz CT molecular complexity index is 760. The van der Waals surface area contributed by atoms with E-state index in [0.29, 0.717) is 10.2 Å². The molecule has 0 aliphatic carbocycles. The molecule has 0 spiro atoms. The number of hydrogen-bond donors (Lipinski definition) is 2. The van der Waals surface area contributed by atoms with Gasteiger partial charge >= 0.3 is 0 Å². The van der Waals surface area contributed by atoms with Gasteiger partial charge in [0.25, 0.3) is 10.0 Å². The molecule has 0 saturated heterocycles. The molecule has 0 bridgehead atoms. The van der Waals surface area contributed by atoms with Gasteiger partial charge in [-0.05, 0) is 59.1 Å². The molecular weight excluding hydrogens is 342 g/mol. The van der Waals surface area contributed by atoms with Crippen LogP contribution in [0.1, 0.15) is 11.1 Å². The lowest BCUT2D eigenvalue weighted by molar-refractivity contribution is 0.601. The van der Waals surface area contributed by atoms with Crippen molar-refractivity contribution in [1.29, 1.82) is 0 Å². The highest BCUT2D eigenvalue weighted by atomic mass is 79.9. The van der Waals surface area contributed by atoms with Crippen LogP contribution in [-0.4, -0.2) is 13.4 Å². The highest BCUT2D eigenvalue weighted by Gasteiger charge is 2.17. The van der Waals surface area contributed by atoms with Gasteiger partial charge in [0.05, 0.1) is 21.3 Å².